The van der Waals surface area contributed by atoms with Gasteiger partial charge in [-0.3, -0.25) is 0 Å². The van der Waals surface area contributed by atoms with Crippen LogP contribution in [-0.2, 0) is 49.5 Å². The summed E-state index contributed by atoms with van der Waals surface area (Å²) in [6, 6.07) is 0. The minimum absolute atomic E-state index is 0. The standard InChI is InChI=1S/3Li.2N.3Ni.3H/q;;;2*-3;3*+2;;;. The molecule has 0 aliphatic heterocycles. The average Bonchev–Trinajstić information content (AvgIpc) is 0. The van der Waals surface area contributed by atoms with Crippen molar-refractivity contribution >= 4 is 56.6 Å². The second kappa shape index (κ2) is 84.5. The van der Waals surface area contributed by atoms with E-state index in [9.17, 15) is 0 Å². The third kappa shape index (κ3) is 60.5. The van der Waals surface area contributed by atoms with E-state index in [0.29, 0.717) is 0 Å². The van der Waals surface area contributed by atoms with Crippen molar-refractivity contribution in [1.29, 1.82) is 0 Å². The Bertz CT molecular complexity index is 12.5. The maximum Gasteiger partial charge on any atom is 2.00 e. The second-order valence-electron chi connectivity index (χ2n) is 0. The van der Waals surface area contributed by atoms with Gasteiger partial charge < -0.3 is 12.3 Å². The molecule has 0 aromatic carbocycles. The summed E-state index contributed by atoms with van der Waals surface area (Å²) >= 11 is 0. The first kappa shape index (κ1) is 114. The molecule has 0 aliphatic carbocycles. The molecule has 2 nitrogen and oxygen atoms in total. The molecule has 0 saturated carbocycles. The summed E-state index contributed by atoms with van der Waals surface area (Å²) in [6.07, 6.45) is 0. The monoisotopic (exact) mass is 226 g/mol. The summed E-state index contributed by atoms with van der Waals surface area (Å²) in [7, 11) is 0. The Kier molecular flexibility index (Phi) is 1200. The van der Waals surface area contributed by atoms with Gasteiger partial charge in [-0.05, 0) is 0 Å². The van der Waals surface area contributed by atoms with Crippen molar-refractivity contribution in [2.75, 3.05) is 0 Å². The third-order valence-electron chi connectivity index (χ3n) is 0. The molecule has 8 heteroatoms. The van der Waals surface area contributed by atoms with Crippen LogP contribution in [-0.4, -0.2) is 56.6 Å². The average molecular weight is 228 g/mol. The summed E-state index contributed by atoms with van der Waals surface area (Å²) in [5.74, 6) is 0. The van der Waals surface area contributed by atoms with Crippen LogP contribution >= 0.6 is 0 Å². The maximum absolute atomic E-state index is 0. The Morgan fingerprint density at radius 2 is 0.375 bits per heavy atom. The number of hydrogen-bond donors (Lipinski definition) is 0. The Labute approximate surface area is 117 Å². The fraction of sp³-hybridized carbons (Fsp3) is 0. The minimum Gasteiger partial charge on any atom is -3.00 e. The Morgan fingerprint density at radius 1 is 0.375 bits per heavy atom. The first-order valence-electron chi connectivity index (χ1n) is 0. The Balaban J connectivity index is 0. The molecule has 0 fully saturated rings. The topological polar surface area (TPSA) is 61.0 Å². The molecular weight excluding hydrogens is 225 g/mol. The van der Waals surface area contributed by atoms with Crippen LogP contribution in [0.1, 0.15) is 0 Å². The van der Waals surface area contributed by atoms with Crippen molar-refractivity contribution in [2.45, 2.75) is 0 Å². The third-order valence-corrected chi connectivity index (χ3v) is 0. The summed E-state index contributed by atoms with van der Waals surface area (Å²) in [6.45, 7) is 0. The summed E-state index contributed by atoms with van der Waals surface area (Å²) in [4.78, 5) is 0. The van der Waals surface area contributed by atoms with Gasteiger partial charge >= 0.3 is 106 Å². The van der Waals surface area contributed by atoms with Gasteiger partial charge in [0, 0.05) is 0 Å². The zero-order valence-corrected chi connectivity index (χ0v) is 4.81. The van der Waals surface area contributed by atoms with Gasteiger partial charge in [-0.1, -0.05) is 0 Å². The zero-order valence-electron chi connectivity index (χ0n) is 1.84. The summed E-state index contributed by atoms with van der Waals surface area (Å²) in [5.41, 5.74) is 0. The Hall–Kier alpha value is 3.19. The second-order valence-corrected chi connectivity index (χ2v) is 0. The first-order chi connectivity index (χ1) is 0. The van der Waals surface area contributed by atoms with Crippen LogP contribution in [0.3, 0.4) is 0 Å². The van der Waals surface area contributed by atoms with Crippen LogP contribution in [0.5, 0.6) is 0 Å². The van der Waals surface area contributed by atoms with Crippen LogP contribution < -0.4 is 0 Å². The van der Waals surface area contributed by atoms with Crippen LogP contribution in [0.2, 0.25) is 0 Å². The molecule has 0 amide bonds. The van der Waals surface area contributed by atoms with E-state index in [4.69, 9.17) is 0 Å². The van der Waals surface area contributed by atoms with Gasteiger partial charge in [0.15, 0.2) is 0 Å². The molecule has 0 bridgehead atoms. The quantitative estimate of drug-likeness (QED) is 0.459. The number of nitrogens with zero attached hydrogens (tertiary/aromatic N) is 2. The smallest absolute Gasteiger partial charge is 2.00 e. The van der Waals surface area contributed by atoms with Gasteiger partial charge in [0.25, 0.3) is 0 Å². The molecule has 0 aromatic heterocycles. The van der Waals surface area contributed by atoms with Crippen molar-refractivity contribution in [2.24, 2.45) is 0 Å². The van der Waals surface area contributed by atoms with Gasteiger partial charge in [0.2, 0.25) is 0 Å². The van der Waals surface area contributed by atoms with Crippen LogP contribution in [0.4, 0.5) is 0 Å². The molecule has 0 saturated heterocycles. The molecule has 0 rings (SSSR count). The van der Waals surface area contributed by atoms with Gasteiger partial charge in [-0.2, -0.15) is 0 Å². The van der Waals surface area contributed by atoms with Crippen molar-refractivity contribution in [3.63, 3.8) is 0 Å². The molecule has 0 heterocycles. The largest absolute Gasteiger partial charge is 3.00 e. The van der Waals surface area contributed by atoms with Crippen molar-refractivity contribution in [3.05, 3.63) is 12.3 Å². The van der Waals surface area contributed by atoms with E-state index in [2.05, 4.69) is 0 Å². The van der Waals surface area contributed by atoms with Crippen LogP contribution in [0.25, 0.3) is 12.3 Å². The van der Waals surface area contributed by atoms with E-state index in [1.807, 2.05) is 0 Å². The summed E-state index contributed by atoms with van der Waals surface area (Å²) < 4.78 is 0. The predicted octanol–water partition coefficient (Wildman–Crippen LogP) is -1.38. The first-order valence-corrected chi connectivity index (χ1v) is 0. The molecule has 8 heavy (non-hydrogen) atoms. The maximum atomic E-state index is 0. The Morgan fingerprint density at radius 3 is 0.375 bits per heavy atom. The van der Waals surface area contributed by atoms with Gasteiger partial charge in [-0.25, -0.2) is 0 Å². The summed E-state index contributed by atoms with van der Waals surface area (Å²) in [5, 5.41) is 0. The normalized spacial score (nSPS) is 0. The van der Waals surface area contributed by atoms with E-state index in [1.165, 1.54) is 0 Å². The molecule has 46 valence electrons. The van der Waals surface area contributed by atoms with Gasteiger partial charge in [-0.15, -0.1) is 0 Å². The van der Waals surface area contributed by atoms with E-state index in [-0.39, 0.29) is 118 Å². The van der Waals surface area contributed by atoms with Gasteiger partial charge in [0.1, 0.15) is 0 Å². The van der Waals surface area contributed by atoms with Crippen LogP contribution in [0.15, 0.2) is 0 Å². The van der Waals surface area contributed by atoms with Crippen molar-refractivity contribution in [3.8, 4) is 0 Å². The minimum atomic E-state index is 0. The van der Waals surface area contributed by atoms with E-state index < -0.39 is 0 Å². The van der Waals surface area contributed by atoms with E-state index >= 15 is 0 Å². The van der Waals surface area contributed by atoms with E-state index in [1.54, 1.807) is 0 Å². The van der Waals surface area contributed by atoms with E-state index in [0.717, 1.165) is 0 Å². The van der Waals surface area contributed by atoms with Gasteiger partial charge in [0.05, 0.1) is 0 Å². The van der Waals surface area contributed by atoms with Crippen molar-refractivity contribution in [1.82, 2.24) is 0 Å². The molecule has 0 aromatic rings. The fourth-order valence-electron chi connectivity index (χ4n) is 0. The molecule has 0 radical (unpaired) electrons. The molecule has 0 aliphatic rings. The molecule has 0 spiro atoms. The molecule has 0 unspecified atom stereocenters. The molecular formula is H3Li3N2Ni3. The zero-order chi connectivity index (χ0) is 0. The van der Waals surface area contributed by atoms with Crippen molar-refractivity contribution < 1.29 is 49.5 Å². The number of hydrogen-bond acceptors (Lipinski definition) is 0. The fourth-order valence-corrected chi connectivity index (χ4v) is 0. The molecule has 0 N–H and O–H groups in total. The SMILES string of the molecule is [LiH].[LiH].[LiH].[N-3].[N-3].[Ni+2].[Ni+2].[Ni+2]. The predicted molar refractivity (Wildman–Crippen MR) is 28.2 cm³/mol. The van der Waals surface area contributed by atoms with Crippen LogP contribution in [0, 0.1) is 0 Å². The number of rotatable bonds is 0. The molecule has 0 atom stereocenters.